The lowest BCUT2D eigenvalue weighted by atomic mass is 9.80. The SMILES string of the molecule is CCCC1Nc2ccc(C3CCC3)cc2N1. The third-order valence-electron chi connectivity index (χ3n) is 3.86. The molecule has 2 nitrogen and oxygen atoms in total. The van der Waals surface area contributed by atoms with Gasteiger partial charge in [0.1, 0.15) is 0 Å². The van der Waals surface area contributed by atoms with Crippen LogP contribution in [0, 0.1) is 0 Å². The summed E-state index contributed by atoms with van der Waals surface area (Å²) in [7, 11) is 0. The third kappa shape index (κ3) is 1.66. The minimum atomic E-state index is 0.441. The van der Waals surface area contributed by atoms with Gasteiger partial charge >= 0.3 is 0 Å². The highest BCUT2D eigenvalue weighted by Gasteiger charge is 2.23. The summed E-state index contributed by atoms with van der Waals surface area (Å²) in [5.74, 6) is 0.831. The molecule has 1 atom stereocenters. The maximum Gasteiger partial charge on any atom is 0.0964 e. The van der Waals surface area contributed by atoms with Crippen LogP contribution in [-0.4, -0.2) is 6.17 Å². The van der Waals surface area contributed by atoms with Crippen molar-refractivity contribution in [2.45, 2.75) is 51.1 Å². The smallest absolute Gasteiger partial charge is 0.0964 e. The Labute approximate surface area is 97.4 Å². The van der Waals surface area contributed by atoms with E-state index in [1.165, 1.54) is 49.0 Å². The molecular formula is C14H20N2. The lowest BCUT2D eigenvalue weighted by molar-refractivity contribution is 0.420. The maximum atomic E-state index is 3.57. The van der Waals surface area contributed by atoms with Crippen LogP contribution in [0.25, 0.3) is 0 Å². The molecule has 1 aliphatic heterocycles. The lowest BCUT2D eigenvalue weighted by Gasteiger charge is -2.26. The zero-order chi connectivity index (χ0) is 11.0. The molecule has 2 heteroatoms. The highest BCUT2D eigenvalue weighted by Crippen LogP contribution is 2.40. The van der Waals surface area contributed by atoms with Crippen LogP contribution < -0.4 is 10.6 Å². The molecule has 0 radical (unpaired) electrons. The van der Waals surface area contributed by atoms with E-state index >= 15 is 0 Å². The zero-order valence-corrected chi connectivity index (χ0v) is 9.92. The highest BCUT2D eigenvalue weighted by atomic mass is 15.2. The van der Waals surface area contributed by atoms with E-state index in [0.717, 1.165) is 5.92 Å². The van der Waals surface area contributed by atoms with E-state index in [9.17, 15) is 0 Å². The summed E-state index contributed by atoms with van der Waals surface area (Å²) in [4.78, 5) is 0. The Balaban J connectivity index is 1.77. The molecule has 0 saturated heterocycles. The first-order chi connectivity index (χ1) is 7.86. The number of benzene rings is 1. The molecule has 0 amide bonds. The molecule has 0 bridgehead atoms. The Morgan fingerprint density at radius 2 is 2.00 bits per heavy atom. The van der Waals surface area contributed by atoms with E-state index in [2.05, 4.69) is 35.8 Å². The molecule has 2 N–H and O–H groups in total. The van der Waals surface area contributed by atoms with Crippen LogP contribution in [-0.2, 0) is 0 Å². The Hall–Kier alpha value is -1.18. The molecular weight excluding hydrogens is 196 g/mol. The predicted molar refractivity (Wildman–Crippen MR) is 69.0 cm³/mol. The molecule has 1 heterocycles. The standard InChI is InChI=1S/C14H20N2/c1-2-4-14-15-12-8-7-11(9-13(12)16-14)10-5-3-6-10/h7-10,14-16H,2-6H2,1H3. The van der Waals surface area contributed by atoms with E-state index in [0.29, 0.717) is 6.17 Å². The lowest BCUT2D eigenvalue weighted by Crippen LogP contribution is -2.21. The summed E-state index contributed by atoms with van der Waals surface area (Å²) in [6, 6.07) is 6.89. The van der Waals surface area contributed by atoms with Gasteiger partial charge in [0.2, 0.25) is 0 Å². The van der Waals surface area contributed by atoms with E-state index in [4.69, 9.17) is 0 Å². The van der Waals surface area contributed by atoms with Crippen molar-refractivity contribution in [3.8, 4) is 0 Å². The summed E-state index contributed by atoms with van der Waals surface area (Å²) in [6.07, 6.45) is 7.01. The van der Waals surface area contributed by atoms with Crippen molar-refractivity contribution in [3.63, 3.8) is 0 Å². The van der Waals surface area contributed by atoms with Crippen molar-refractivity contribution in [2.75, 3.05) is 10.6 Å². The molecule has 16 heavy (non-hydrogen) atoms. The number of anilines is 2. The molecule has 3 rings (SSSR count). The summed E-state index contributed by atoms with van der Waals surface area (Å²) < 4.78 is 0. The largest absolute Gasteiger partial charge is 0.364 e. The molecule has 1 fully saturated rings. The van der Waals surface area contributed by atoms with Crippen LogP contribution in [0.3, 0.4) is 0 Å². The molecule has 2 aliphatic rings. The first-order valence-corrected chi connectivity index (χ1v) is 6.54. The third-order valence-corrected chi connectivity index (χ3v) is 3.86. The molecule has 1 saturated carbocycles. The highest BCUT2D eigenvalue weighted by molar-refractivity contribution is 5.75. The number of hydrogen-bond acceptors (Lipinski definition) is 2. The fourth-order valence-electron chi connectivity index (χ4n) is 2.65. The first-order valence-electron chi connectivity index (χ1n) is 6.54. The van der Waals surface area contributed by atoms with Gasteiger partial charge < -0.3 is 10.6 Å². The Morgan fingerprint density at radius 1 is 1.19 bits per heavy atom. The van der Waals surface area contributed by atoms with Gasteiger partial charge in [-0.2, -0.15) is 0 Å². The Kier molecular flexibility index (Phi) is 2.50. The predicted octanol–water partition coefficient (Wildman–Crippen LogP) is 3.92. The van der Waals surface area contributed by atoms with Crippen molar-refractivity contribution in [1.82, 2.24) is 0 Å². The average Bonchev–Trinajstić information content (AvgIpc) is 2.57. The molecule has 1 aromatic carbocycles. The molecule has 0 aromatic heterocycles. The van der Waals surface area contributed by atoms with Crippen LogP contribution in [0.15, 0.2) is 18.2 Å². The Bertz CT molecular complexity index is 382. The van der Waals surface area contributed by atoms with Gasteiger partial charge in [0.15, 0.2) is 0 Å². The van der Waals surface area contributed by atoms with Crippen LogP contribution in [0.4, 0.5) is 11.4 Å². The molecule has 1 aromatic rings. The second kappa shape index (κ2) is 4.00. The van der Waals surface area contributed by atoms with Gasteiger partial charge in [-0.25, -0.2) is 0 Å². The van der Waals surface area contributed by atoms with E-state index < -0.39 is 0 Å². The van der Waals surface area contributed by atoms with Gasteiger partial charge in [-0.15, -0.1) is 0 Å². The normalized spacial score (nSPS) is 23.2. The summed E-state index contributed by atoms with van der Waals surface area (Å²) >= 11 is 0. The molecule has 86 valence electrons. The number of nitrogens with one attached hydrogen (secondary N) is 2. The van der Waals surface area contributed by atoms with Crippen LogP contribution in [0.1, 0.15) is 50.5 Å². The fraction of sp³-hybridized carbons (Fsp3) is 0.571. The van der Waals surface area contributed by atoms with Crippen molar-refractivity contribution in [2.24, 2.45) is 0 Å². The van der Waals surface area contributed by atoms with E-state index in [1.54, 1.807) is 0 Å². The van der Waals surface area contributed by atoms with Crippen molar-refractivity contribution < 1.29 is 0 Å². The maximum absolute atomic E-state index is 3.57. The first kappa shape index (κ1) is 10.0. The second-order valence-electron chi connectivity index (χ2n) is 5.06. The minimum Gasteiger partial charge on any atom is -0.364 e. The number of fused-ring (bicyclic) bond motifs is 1. The van der Waals surface area contributed by atoms with Gasteiger partial charge in [0.05, 0.1) is 17.5 Å². The molecule has 1 unspecified atom stereocenters. The van der Waals surface area contributed by atoms with Crippen LogP contribution in [0.2, 0.25) is 0 Å². The molecule has 1 aliphatic carbocycles. The monoisotopic (exact) mass is 216 g/mol. The van der Waals surface area contributed by atoms with Crippen molar-refractivity contribution in [3.05, 3.63) is 23.8 Å². The van der Waals surface area contributed by atoms with Gasteiger partial charge in [-0.1, -0.05) is 25.8 Å². The van der Waals surface area contributed by atoms with E-state index in [1.807, 2.05) is 0 Å². The van der Waals surface area contributed by atoms with Gasteiger partial charge in [0, 0.05) is 0 Å². The summed E-state index contributed by atoms with van der Waals surface area (Å²) in [5, 5.41) is 7.09. The van der Waals surface area contributed by atoms with Gasteiger partial charge in [0.25, 0.3) is 0 Å². The number of hydrogen-bond donors (Lipinski definition) is 2. The van der Waals surface area contributed by atoms with Crippen LogP contribution in [0.5, 0.6) is 0 Å². The van der Waals surface area contributed by atoms with E-state index in [-0.39, 0.29) is 0 Å². The second-order valence-corrected chi connectivity index (χ2v) is 5.06. The summed E-state index contributed by atoms with van der Waals surface area (Å²) in [5.41, 5.74) is 4.11. The fourth-order valence-corrected chi connectivity index (χ4v) is 2.65. The average molecular weight is 216 g/mol. The van der Waals surface area contributed by atoms with Crippen molar-refractivity contribution in [1.29, 1.82) is 0 Å². The zero-order valence-electron chi connectivity index (χ0n) is 9.92. The number of rotatable bonds is 3. The van der Waals surface area contributed by atoms with Gasteiger partial charge in [-0.05, 0) is 42.9 Å². The topological polar surface area (TPSA) is 24.1 Å². The van der Waals surface area contributed by atoms with Gasteiger partial charge in [-0.3, -0.25) is 0 Å². The quantitative estimate of drug-likeness (QED) is 0.800. The molecule has 0 spiro atoms. The minimum absolute atomic E-state index is 0.441. The van der Waals surface area contributed by atoms with Crippen molar-refractivity contribution >= 4 is 11.4 Å². The summed E-state index contributed by atoms with van der Waals surface area (Å²) in [6.45, 7) is 2.23. The Morgan fingerprint density at radius 3 is 2.69 bits per heavy atom. The van der Waals surface area contributed by atoms with Crippen LogP contribution >= 0.6 is 0 Å².